The fraction of sp³-hybridized carbons (Fsp3) is 0.273. The molecule has 3 aromatic rings. The summed E-state index contributed by atoms with van der Waals surface area (Å²) in [4.78, 5) is 17.1. The quantitative estimate of drug-likeness (QED) is 0.159. The zero-order valence-electron chi connectivity index (χ0n) is 25.4. The Labute approximate surface area is 273 Å². The van der Waals surface area contributed by atoms with Crippen molar-refractivity contribution in [1.29, 1.82) is 5.41 Å². The molecule has 0 fully saturated rings. The van der Waals surface area contributed by atoms with Crippen molar-refractivity contribution in [3.05, 3.63) is 83.4 Å². The van der Waals surface area contributed by atoms with E-state index in [0.717, 1.165) is 12.2 Å². The molecule has 45 heavy (non-hydrogen) atoms. The van der Waals surface area contributed by atoms with E-state index in [0.29, 0.717) is 51.3 Å². The molecule has 3 aromatic carbocycles. The largest absolute Gasteiger partial charge is 0.493 e. The van der Waals surface area contributed by atoms with Crippen LogP contribution in [0.3, 0.4) is 0 Å². The summed E-state index contributed by atoms with van der Waals surface area (Å²) in [7, 11) is 3.04. The number of rotatable bonds is 13. The number of hydrazone groups is 1. The number of amides is 1. The number of nitrogens with one attached hydrogen (secondary N) is 1. The van der Waals surface area contributed by atoms with E-state index >= 15 is 0 Å². The van der Waals surface area contributed by atoms with Crippen LogP contribution >= 0.6 is 24.2 Å². The first-order valence-electron chi connectivity index (χ1n) is 14.2. The molecule has 0 radical (unpaired) electrons. The summed E-state index contributed by atoms with van der Waals surface area (Å²) in [5.74, 6) is 2.56. The molecule has 2 heterocycles. The Kier molecular flexibility index (Phi) is 11.5. The minimum atomic E-state index is -0.540. The number of aliphatic imine (C=N–C) groups is 1. The van der Waals surface area contributed by atoms with Crippen LogP contribution in [0.2, 0.25) is 0 Å². The fourth-order valence-electron chi connectivity index (χ4n) is 4.48. The van der Waals surface area contributed by atoms with Crippen molar-refractivity contribution in [2.75, 3.05) is 34.0 Å². The maximum absolute atomic E-state index is 13.0. The van der Waals surface area contributed by atoms with Gasteiger partial charge in [-0.2, -0.15) is 15.1 Å². The van der Waals surface area contributed by atoms with E-state index in [1.54, 1.807) is 18.2 Å². The summed E-state index contributed by atoms with van der Waals surface area (Å²) < 4.78 is 28.8. The summed E-state index contributed by atoms with van der Waals surface area (Å²) in [5, 5.41) is 15.4. The molecule has 0 saturated carbocycles. The first kappa shape index (κ1) is 33.4. The number of thioether (sulfide) groups is 1. The molecule has 0 aliphatic carbocycles. The molecule has 1 amide bonds. The monoisotopic (exact) mass is 650 g/mol. The van der Waals surface area contributed by atoms with Crippen molar-refractivity contribution in [1.82, 2.24) is 5.01 Å². The van der Waals surface area contributed by atoms with E-state index in [4.69, 9.17) is 29.1 Å². The van der Waals surface area contributed by atoms with Crippen molar-refractivity contribution >= 4 is 52.2 Å². The molecular formula is C33H35ClN4O6S. The summed E-state index contributed by atoms with van der Waals surface area (Å²) >= 11 is 1.20. The Morgan fingerprint density at radius 3 is 2.22 bits per heavy atom. The van der Waals surface area contributed by atoms with Crippen LogP contribution in [0.1, 0.15) is 37.3 Å². The smallest absolute Gasteiger partial charge is 0.283 e. The highest BCUT2D eigenvalue weighted by molar-refractivity contribution is 8.27. The Morgan fingerprint density at radius 2 is 1.58 bits per heavy atom. The molecule has 12 heteroatoms. The molecule has 236 valence electrons. The Hall–Kier alpha value is -4.48. The summed E-state index contributed by atoms with van der Waals surface area (Å²) in [6, 6.07) is 20.9. The number of amidine groups is 2. The number of ether oxygens (including phenoxy) is 5. The number of nitrogens with zero attached hydrogens (tertiary/aromatic N) is 3. The van der Waals surface area contributed by atoms with Crippen LogP contribution in [-0.2, 0) is 4.79 Å². The Morgan fingerprint density at radius 1 is 0.933 bits per heavy atom. The van der Waals surface area contributed by atoms with Gasteiger partial charge in [0, 0.05) is 0 Å². The summed E-state index contributed by atoms with van der Waals surface area (Å²) in [6.07, 6.45) is 2.64. The molecule has 0 saturated heterocycles. The third-order valence-electron chi connectivity index (χ3n) is 7.06. The summed E-state index contributed by atoms with van der Waals surface area (Å²) in [6.45, 7) is 5.13. The normalized spacial score (nSPS) is 15.5. The highest BCUT2D eigenvalue weighted by Crippen LogP contribution is 2.39. The lowest BCUT2D eigenvalue weighted by atomic mass is 9.99. The number of benzene rings is 3. The zero-order chi connectivity index (χ0) is 31.1. The first-order chi connectivity index (χ1) is 21.4. The van der Waals surface area contributed by atoms with Gasteiger partial charge < -0.3 is 23.7 Å². The first-order valence-corrected chi connectivity index (χ1v) is 15.0. The SMILES string of the molecule is CCC(C)c1ccc(OCCOc2c(OC)cc(C=C3C(=N)N4N=C(COc5ccccc5)SC4=NC3=O)cc2OC)cc1.Cl. The Bertz CT molecular complexity index is 1590. The Balaban J connectivity index is 0.00000461. The molecular weight excluding hydrogens is 616 g/mol. The number of para-hydroxylation sites is 1. The van der Waals surface area contributed by atoms with Crippen LogP contribution < -0.4 is 23.7 Å². The molecule has 1 N–H and O–H groups in total. The van der Waals surface area contributed by atoms with Gasteiger partial charge in [0.25, 0.3) is 5.91 Å². The van der Waals surface area contributed by atoms with Crippen LogP contribution in [-0.4, -0.2) is 61.0 Å². The van der Waals surface area contributed by atoms with Crippen molar-refractivity contribution in [2.24, 2.45) is 10.1 Å². The second-order valence-corrected chi connectivity index (χ2v) is 11.0. The molecule has 2 aliphatic rings. The molecule has 0 spiro atoms. The average Bonchev–Trinajstić information content (AvgIpc) is 3.47. The van der Waals surface area contributed by atoms with Crippen molar-refractivity contribution in [3.8, 4) is 28.7 Å². The van der Waals surface area contributed by atoms with Crippen molar-refractivity contribution in [2.45, 2.75) is 26.2 Å². The van der Waals surface area contributed by atoms with E-state index in [-0.39, 0.29) is 37.0 Å². The number of carbonyl (C=O) groups is 1. The molecule has 2 aliphatic heterocycles. The number of halogens is 1. The standard InChI is InChI=1S/C33H34N4O6S.ClH/c1-5-21(2)23-11-13-25(14-12-23)41-15-16-42-30-27(39-3)18-22(19-28(30)40-4)17-26-31(34)37-33(35-32(26)38)44-29(36-37)20-43-24-9-7-6-8-10-24;/h6-14,17-19,21,34H,5,15-16,20H2,1-4H3;1H. The van der Waals surface area contributed by atoms with Crippen LogP contribution in [0.4, 0.5) is 0 Å². The third-order valence-corrected chi connectivity index (χ3v) is 7.94. The lowest BCUT2D eigenvalue weighted by Gasteiger charge is -2.20. The highest BCUT2D eigenvalue weighted by atomic mass is 35.5. The predicted octanol–water partition coefficient (Wildman–Crippen LogP) is 6.80. The number of methoxy groups -OCH3 is 2. The van der Waals surface area contributed by atoms with Crippen molar-refractivity contribution < 1.29 is 28.5 Å². The zero-order valence-corrected chi connectivity index (χ0v) is 27.1. The molecule has 1 unspecified atom stereocenters. The minimum absolute atomic E-state index is 0. The molecule has 0 bridgehead atoms. The number of hydrogen-bond donors (Lipinski definition) is 1. The van der Waals surface area contributed by atoms with E-state index in [2.05, 4.69) is 36.1 Å². The van der Waals surface area contributed by atoms with Gasteiger partial charge in [0.15, 0.2) is 17.3 Å². The fourth-order valence-corrected chi connectivity index (χ4v) is 5.27. The number of fused-ring (bicyclic) bond motifs is 1. The summed E-state index contributed by atoms with van der Waals surface area (Å²) in [5.41, 5.74) is 1.93. The van der Waals surface area contributed by atoms with Gasteiger partial charge in [0.05, 0.1) is 19.8 Å². The van der Waals surface area contributed by atoms with E-state index < -0.39 is 5.91 Å². The second-order valence-electron chi connectivity index (χ2n) is 9.95. The molecule has 5 rings (SSSR count). The van der Waals surface area contributed by atoms with Gasteiger partial charge in [-0.1, -0.05) is 44.2 Å². The van der Waals surface area contributed by atoms with Crippen LogP contribution in [0.25, 0.3) is 6.08 Å². The predicted molar refractivity (Wildman–Crippen MR) is 180 cm³/mol. The molecule has 10 nitrogen and oxygen atoms in total. The van der Waals surface area contributed by atoms with Gasteiger partial charge in [-0.05, 0) is 77.7 Å². The lowest BCUT2D eigenvalue weighted by molar-refractivity contribution is -0.114. The topological polar surface area (TPSA) is 115 Å². The van der Waals surface area contributed by atoms with Gasteiger partial charge in [0.1, 0.15) is 36.4 Å². The molecule has 0 aromatic heterocycles. The van der Waals surface area contributed by atoms with E-state index in [1.165, 1.54) is 36.6 Å². The van der Waals surface area contributed by atoms with Crippen molar-refractivity contribution in [3.63, 3.8) is 0 Å². The van der Waals surface area contributed by atoms with E-state index in [1.807, 2.05) is 42.5 Å². The van der Waals surface area contributed by atoms with E-state index in [9.17, 15) is 4.79 Å². The van der Waals surface area contributed by atoms with Gasteiger partial charge in [0.2, 0.25) is 10.9 Å². The lowest BCUT2D eigenvalue weighted by Crippen LogP contribution is -2.35. The maximum atomic E-state index is 13.0. The average molecular weight is 651 g/mol. The number of hydrogen-bond acceptors (Lipinski definition) is 9. The molecule has 1 atom stereocenters. The van der Waals surface area contributed by atoms with Crippen LogP contribution in [0.15, 0.2) is 82.4 Å². The third kappa shape index (κ3) is 7.98. The van der Waals surface area contributed by atoms with Gasteiger partial charge in [-0.25, -0.2) is 0 Å². The van der Waals surface area contributed by atoms with Gasteiger partial charge in [-0.3, -0.25) is 10.2 Å². The minimum Gasteiger partial charge on any atom is -0.493 e. The van der Waals surface area contributed by atoms with Gasteiger partial charge in [-0.15, -0.1) is 12.4 Å². The number of carbonyl (C=O) groups excluding carboxylic acids is 1. The van der Waals surface area contributed by atoms with Crippen LogP contribution in [0.5, 0.6) is 28.7 Å². The highest BCUT2D eigenvalue weighted by Gasteiger charge is 2.36. The maximum Gasteiger partial charge on any atom is 0.283 e. The van der Waals surface area contributed by atoms with Crippen LogP contribution in [0, 0.1) is 5.41 Å². The second kappa shape index (κ2) is 15.5. The van der Waals surface area contributed by atoms with Gasteiger partial charge >= 0.3 is 0 Å².